The van der Waals surface area contributed by atoms with Gasteiger partial charge in [0.05, 0.1) is 5.69 Å². The number of sulfonamides is 1. The van der Waals surface area contributed by atoms with Crippen molar-refractivity contribution in [2.75, 3.05) is 19.4 Å². The van der Waals surface area contributed by atoms with E-state index in [2.05, 4.69) is 28.7 Å². The zero-order chi connectivity index (χ0) is 15.0. The number of para-hydroxylation sites is 1. The molecule has 0 amide bonds. The van der Waals surface area contributed by atoms with Crippen LogP contribution in [0.5, 0.6) is 0 Å². The van der Waals surface area contributed by atoms with Gasteiger partial charge in [0.15, 0.2) is 0 Å². The van der Waals surface area contributed by atoms with Gasteiger partial charge in [0.25, 0.3) is 10.0 Å². The van der Waals surface area contributed by atoms with E-state index >= 15 is 0 Å². The van der Waals surface area contributed by atoms with Gasteiger partial charge in [-0.15, -0.1) is 4.40 Å². The van der Waals surface area contributed by atoms with Crippen molar-refractivity contribution in [2.24, 2.45) is 10.3 Å². The molecule has 0 bridgehead atoms. The van der Waals surface area contributed by atoms with E-state index in [4.69, 9.17) is 0 Å². The Morgan fingerprint density at radius 2 is 1.90 bits per heavy atom. The molecule has 2 aliphatic rings. The molecule has 1 aromatic rings. The first-order valence-electron chi connectivity index (χ1n) is 7.36. The van der Waals surface area contributed by atoms with Gasteiger partial charge < -0.3 is 10.2 Å². The first-order valence-corrected chi connectivity index (χ1v) is 8.80. The second kappa shape index (κ2) is 5.42. The van der Waals surface area contributed by atoms with E-state index < -0.39 is 10.0 Å². The van der Waals surface area contributed by atoms with Gasteiger partial charge in [-0.25, -0.2) is 0 Å². The molecule has 1 fully saturated rings. The molecule has 3 rings (SSSR count). The number of nitrogens with one attached hydrogen (secondary N) is 1. The maximum atomic E-state index is 12.4. The van der Waals surface area contributed by atoms with Crippen LogP contribution >= 0.6 is 0 Å². The van der Waals surface area contributed by atoms with Crippen LogP contribution in [0.3, 0.4) is 0 Å². The molecule has 1 aliphatic carbocycles. The maximum Gasteiger partial charge on any atom is 0.286 e. The number of fused-ring (bicyclic) bond motifs is 1. The third-order valence-corrected chi connectivity index (χ3v) is 5.74. The van der Waals surface area contributed by atoms with Gasteiger partial charge in [-0.05, 0) is 39.1 Å². The fourth-order valence-corrected chi connectivity index (χ4v) is 4.53. The van der Waals surface area contributed by atoms with Gasteiger partial charge in [-0.3, -0.25) is 0 Å². The highest BCUT2D eigenvalue weighted by Gasteiger charge is 2.35. The summed E-state index contributed by atoms with van der Waals surface area (Å²) in [5, 5.41) is 3.25. The number of nitrogens with zero attached hydrogens (tertiary/aromatic N) is 2. The van der Waals surface area contributed by atoms with E-state index in [1.807, 2.05) is 6.07 Å². The zero-order valence-corrected chi connectivity index (χ0v) is 13.2. The molecule has 0 radical (unpaired) electrons. The van der Waals surface area contributed by atoms with Crippen LogP contribution in [0.25, 0.3) is 0 Å². The standard InChI is InChI=1S/C15H21N3O2S/c1-18(2)13-9-5-3-7-11(13)15-16-12-8-4-6-10-14(12)21(19,20)17-15/h4,6,8,10-11,13H,3,5,7,9H2,1-2H3,(H,16,17)/t11-,13-/m1/s1. The molecule has 1 N–H and O–H groups in total. The van der Waals surface area contributed by atoms with Crippen LogP contribution < -0.4 is 5.32 Å². The lowest BCUT2D eigenvalue weighted by molar-refractivity contribution is 0.194. The minimum Gasteiger partial charge on any atom is -0.342 e. The van der Waals surface area contributed by atoms with Crippen molar-refractivity contribution >= 4 is 21.5 Å². The molecule has 114 valence electrons. The first-order chi connectivity index (χ1) is 9.99. The highest BCUT2D eigenvalue weighted by atomic mass is 32.2. The van der Waals surface area contributed by atoms with Crippen molar-refractivity contribution < 1.29 is 8.42 Å². The van der Waals surface area contributed by atoms with E-state index in [1.54, 1.807) is 18.2 Å². The Balaban J connectivity index is 1.99. The van der Waals surface area contributed by atoms with Crippen LogP contribution in [-0.4, -0.2) is 39.3 Å². The van der Waals surface area contributed by atoms with Crippen LogP contribution in [0.2, 0.25) is 0 Å². The first kappa shape index (κ1) is 14.5. The lowest BCUT2D eigenvalue weighted by Gasteiger charge is -2.37. The van der Waals surface area contributed by atoms with E-state index in [9.17, 15) is 8.42 Å². The molecule has 6 heteroatoms. The van der Waals surface area contributed by atoms with Crippen molar-refractivity contribution in [2.45, 2.75) is 36.6 Å². The Labute approximate surface area is 126 Å². The SMILES string of the molecule is CN(C)[C@@H]1CCCC[C@H]1C1=NS(=O)(=O)c2ccccc2N1. The summed E-state index contributed by atoms with van der Waals surface area (Å²) in [6.07, 6.45) is 4.37. The molecule has 5 nitrogen and oxygen atoms in total. The Bertz CT molecular complexity index is 667. The molecular formula is C15H21N3O2S. The summed E-state index contributed by atoms with van der Waals surface area (Å²) >= 11 is 0. The number of rotatable bonds is 2. The summed E-state index contributed by atoms with van der Waals surface area (Å²) in [5.74, 6) is 0.754. The van der Waals surface area contributed by atoms with Gasteiger partial charge in [-0.1, -0.05) is 25.0 Å². The fraction of sp³-hybridized carbons (Fsp3) is 0.533. The molecular weight excluding hydrogens is 286 g/mol. The lowest BCUT2D eigenvalue weighted by Crippen LogP contribution is -2.44. The van der Waals surface area contributed by atoms with E-state index in [0.29, 0.717) is 17.6 Å². The second-order valence-corrected chi connectivity index (χ2v) is 7.57. The fourth-order valence-electron chi connectivity index (χ4n) is 3.34. The molecule has 0 spiro atoms. The summed E-state index contributed by atoms with van der Waals surface area (Å²) in [5.41, 5.74) is 0.644. The van der Waals surface area contributed by atoms with Crippen molar-refractivity contribution in [3.05, 3.63) is 24.3 Å². The van der Waals surface area contributed by atoms with E-state index in [0.717, 1.165) is 19.3 Å². The highest BCUT2D eigenvalue weighted by molar-refractivity contribution is 7.90. The van der Waals surface area contributed by atoms with Crippen LogP contribution in [0, 0.1) is 5.92 Å². The minimum atomic E-state index is -3.58. The Kier molecular flexibility index (Phi) is 3.75. The van der Waals surface area contributed by atoms with Gasteiger partial charge >= 0.3 is 0 Å². The number of hydrogen-bond acceptors (Lipinski definition) is 4. The smallest absolute Gasteiger partial charge is 0.286 e. The molecule has 0 unspecified atom stereocenters. The normalized spacial score (nSPS) is 27.7. The number of amidine groups is 1. The second-order valence-electron chi connectivity index (χ2n) is 5.99. The summed E-state index contributed by atoms with van der Waals surface area (Å²) < 4.78 is 28.8. The van der Waals surface area contributed by atoms with Crippen molar-refractivity contribution in [3.63, 3.8) is 0 Å². The van der Waals surface area contributed by atoms with Crippen LogP contribution in [0.4, 0.5) is 5.69 Å². The number of anilines is 1. The monoisotopic (exact) mass is 307 g/mol. The summed E-state index contributed by atoms with van der Waals surface area (Å²) in [6.45, 7) is 0. The van der Waals surface area contributed by atoms with Gasteiger partial charge in [0, 0.05) is 12.0 Å². The predicted octanol–water partition coefficient (Wildman–Crippen LogP) is 2.32. The third-order valence-electron chi connectivity index (χ3n) is 4.39. The number of benzene rings is 1. The zero-order valence-electron chi connectivity index (χ0n) is 12.4. The average molecular weight is 307 g/mol. The number of hydrogen-bond donors (Lipinski definition) is 1. The molecule has 0 aromatic heterocycles. The molecule has 0 saturated heterocycles. The van der Waals surface area contributed by atoms with Crippen molar-refractivity contribution in [1.29, 1.82) is 0 Å². The summed E-state index contributed by atoms with van der Waals surface area (Å²) in [6, 6.07) is 7.30. The summed E-state index contributed by atoms with van der Waals surface area (Å²) in [4.78, 5) is 2.45. The van der Waals surface area contributed by atoms with E-state index in [1.165, 1.54) is 6.42 Å². The summed E-state index contributed by atoms with van der Waals surface area (Å²) in [7, 11) is 0.518. The Hall–Kier alpha value is -1.40. The van der Waals surface area contributed by atoms with Crippen molar-refractivity contribution in [1.82, 2.24) is 4.90 Å². The Morgan fingerprint density at radius 3 is 2.67 bits per heavy atom. The third kappa shape index (κ3) is 2.70. The minimum absolute atomic E-state index is 0.150. The predicted molar refractivity (Wildman–Crippen MR) is 84.1 cm³/mol. The van der Waals surface area contributed by atoms with Gasteiger partial charge in [0.2, 0.25) is 0 Å². The van der Waals surface area contributed by atoms with Crippen LogP contribution in [-0.2, 0) is 10.0 Å². The molecule has 1 saturated carbocycles. The topological polar surface area (TPSA) is 61.8 Å². The van der Waals surface area contributed by atoms with Gasteiger partial charge in [-0.2, -0.15) is 8.42 Å². The molecule has 1 aromatic carbocycles. The molecule has 21 heavy (non-hydrogen) atoms. The van der Waals surface area contributed by atoms with E-state index in [-0.39, 0.29) is 10.8 Å². The highest BCUT2D eigenvalue weighted by Crippen LogP contribution is 2.34. The Morgan fingerprint density at radius 1 is 1.19 bits per heavy atom. The van der Waals surface area contributed by atoms with Crippen LogP contribution in [0.1, 0.15) is 25.7 Å². The quantitative estimate of drug-likeness (QED) is 0.911. The maximum absolute atomic E-state index is 12.4. The van der Waals surface area contributed by atoms with Crippen LogP contribution in [0.15, 0.2) is 33.6 Å². The van der Waals surface area contributed by atoms with Crippen molar-refractivity contribution in [3.8, 4) is 0 Å². The lowest BCUT2D eigenvalue weighted by atomic mass is 9.83. The molecule has 1 aliphatic heterocycles. The average Bonchev–Trinajstić information content (AvgIpc) is 2.46. The molecule has 2 atom stereocenters. The molecule has 1 heterocycles. The van der Waals surface area contributed by atoms with Gasteiger partial charge in [0.1, 0.15) is 10.7 Å². The largest absolute Gasteiger partial charge is 0.342 e.